The number of nitrogens with zero attached hydrogens (tertiary/aromatic N) is 2. The van der Waals surface area contributed by atoms with Crippen LogP contribution < -0.4 is 24.0 Å². The minimum Gasteiger partial charge on any atom is -0.543 e. The molecule has 0 fully saturated rings. The molecule has 0 N–H and O–H groups in total. The predicted molar refractivity (Wildman–Crippen MR) is 43.2 cm³/mol. The number of aryl methyl sites for hydroxylation is 1. The molecule has 0 radical (unpaired) electrons. The van der Waals surface area contributed by atoms with Crippen molar-refractivity contribution in [2.24, 2.45) is 7.05 Å². The Morgan fingerprint density at radius 3 is 2.59 bits per heavy atom. The molecule has 1 rings (SSSR count). The summed E-state index contributed by atoms with van der Waals surface area (Å²) in [6, 6.07) is 1.06. The van der Waals surface area contributed by atoms with Crippen molar-refractivity contribution >= 4 is 5.97 Å². The SMILES string of the molecule is Cn1nc(COC(F)C(F)F)cc1C(=O)[O-].[Li+]. The maximum absolute atomic E-state index is 12.3. The summed E-state index contributed by atoms with van der Waals surface area (Å²) in [7, 11) is 1.33. The van der Waals surface area contributed by atoms with Crippen molar-refractivity contribution in [2.45, 2.75) is 19.4 Å². The van der Waals surface area contributed by atoms with Crippen LogP contribution in [0.25, 0.3) is 0 Å². The Morgan fingerprint density at radius 2 is 2.18 bits per heavy atom. The normalized spacial score (nSPS) is 12.3. The quantitative estimate of drug-likeness (QED) is 0.513. The molecule has 0 saturated carbocycles. The third-order valence-corrected chi connectivity index (χ3v) is 1.73. The average molecular weight is 244 g/mol. The van der Waals surface area contributed by atoms with Crippen LogP contribution in [0, 0.1) is 0 Å². The van der Waals surface area contributed by atoms with Crippen molar-refractivity contribution in [1.29, 1.82) is 0 Å². The third kappa shape index (κ3) is 4.42. The minimum atomic E-state index is -3.25. The van der Waals surface area contributed by atoms with Gasteiger partial charge in [-0.05, 0) is 6.07 Å². The van der Waals surface area contributed by atoms with Crippen molar-refractivity contribution < 1.29 is 46.7 Å². The van der Waals surface area contributed by atoms with E-state index in [0.29, 0.717) is 0 Å². The summed E-state index contributed by atoms with van der Waals surface area (Å²) >= 11 is 0. The molecular weight excluding hydrogens is 236 g/mol. The van der Waals surface area contributed by atoms with E-state index in [1.54, 1.807) is 0 Å². The van der Waals surface area contributed by atoms with E-state index in [4.69, 9.17) is 0 Å². The molecule has 17 heavy (non-hydrogen) atoms. The third-order valence-electron chi connectivity index (χ3n) is 1.73. The largest absolute Gasteiger partial charge is 1.00 e. The van der Waals surface area contributed by atoms with Crippen molar-refractivity contribution in [2.75, 3.05) is 0 Å². The van der Waals surface area contributed by atoms with E-state index in [1.807, 2.05) is 0 Å². The van der Waals surface area contributed by atoms with Crippen molar-refractivity contribution in [3.05, 3.63) is 17.5 Å². The Labute approximate surface area is 107 Å². The summed E-state index contributed by atoms with van der Waals surface area (Å²) in [5.41, 5.74) is -0.212. The smallest absolute Gasteiger partial charge is 0.543 e. The second kappa shape index (κ2) is 6.69. The molecule has 0 aliphatic heterocycles. The molecule has 0 aliphatic carbocycles. The van der Waals surface area contributed by atoms with Gasteiger partial charge in [-0.1, -0.05) is 0 Å². The summed E-state index contributed by atoms with van der Waals surface area (Å²) in [5, 5.41) is 14.1. The zero-order valence-electron chi connectivity index (χ0n) is 9.19. The van der Waals surface area contributed by atoms with Gasteiger partial charge in [0, 0.05) is 7.05 Å². The Balaban J connectivity index is 0.00000256. The molecular formula is C8H8F3LiN2O3. The Kier molecular flexibility index (Phi) is 6.30. The number of rotatable bonds is 5. The Morgan fingerprint density at radius 1 is 1.59 bits per heavy atom. The van der Waals surface area contributed by atoms with E-state index >= 15 is 0 Å². The van der Waals surface area contributed by atoms with E-state index in [2.05, 4.69) is 9.84 Å². The van der Waals surface area contributed by atoms with E-state index in [0.717, 1.165) is 10.7 Å². The first-order valence-electron chi connectivity index (χ1n) is 4.20. The molecule has 5 nitrogen and oxygen atoms in total. The molecule has 0 saturated heterocycles. The fourth-order valence-electron chi connectivity index (χ4n) is 1.03. The molecule has 0 bridgehead atoms. The van der Waals surface area contributed by atoms with E-state index in [1.165, 1.54) is 7.05 Å². The maximum atomic E-state index is 12.3. The number of ether oxygens (including phenoxy) is 1. The monoisotopic (exact) mass is 244 g/mol. The van der Waals surface area contributed by atoms with Crippen molar-refractivity contribution in [1.82, 2.24) is 9.78 Å². The zero-order valence-corrected chi connectivity index (χ0v) is 9.19. The molecule has 1 atom stereocenters. The number of aromatic carboxylic acids is 1. The summed E-state index contributed by atoms with van der Waals surface area (Å²) in [4.78, 5) is 10.5. The number of hydrogen-bond donors (Lipinski definition) is 0. The second-order valence-corrected chi connectivity index (χ2v) is 2.93. The molecule has 1 heterocycles. The van der Waals surface area contributed by atoms with Gasteiger partial charge in [-0.15, -0.1) is 0 Å². The van der Waals surface area contributed by atoms with Gasteiger partial charge in [0.2, 0.25) is 0 Å². The zero-order chi connectivity index (χ0) is 12.3. The molecule has 0 amide bonds. The van der Waals surface area contributed by atoms with Crippen molar-refractivity contribution in [3.63, 3.8) is 0 Å². The van der Waals surface area contributed by atoms with Gasteiger partial charge in [-0.25, -0.2) is 13.2 Å². The van der Waals surface area contributed by atoms with Gasteiger partial charge in [-0.3, -0.25) is 4.68 Å². The topological polar surface area (TPSA) is 67.2 Å². The fraction of sp³-hybridized carbons (Fsp3) is 0.500. The molecule has 0 aromatic carbocycles. The summed E-state index contributed by atoms with van der Waals surface area (Å²) in [5.74, 6) is -1.47. The van der Waals surface area contributed by atoms with Crippen LogP contribution in [-0.4, -0.2) is 28.5 Å². The number of hydrogen-bond acceptors (Lipinski definition) is 4. The molecule has 0 aliphatic rings. The van der Waals surface area contributed by atoms with Crippen LogP contribution in [0.15, 0.2) is 6.07 Å². The predicted octanol–water partition coefficient (Wildman–Crippen LogP) is -3.14. The summed E-state index contributed by atoms with van der Waals surface area (Å²) in [6.07, 6.45) is -5.96. The van der Waals surface area contributed by atoms with Gasteiger partial charge >= 0.3 is 18.9 Å². The maximum Gasteiger partial charge on any atom is 1.00 e. The van der Waals surface area contributed by atoms with Crippen LogP contribution in [0.4, 0.5) is 13.2 Å². The van der Waals surface area contributed by atoms with Gasteiger partial charge in [0.25, 0.3) is 12.8 Å². The minimum absolute atomic E-state index is 0. The first-order chi connectivity index (χ1) is 7.41. The molecule has 1 aromatic rings. The number of carboxylic acid groups (broad SMARTS) is 1. The van der Waals surface area contributed by atoms with Gasteiger partial charge < -0.3 is 14.6 Å². The van der Waals surface area contributed by atoms with E-state index in [-0.39, 0.29) is 30.2 Å². The first-order valence-corrected chi connectivity index (χ1v) is 4.20. The standard InChI is InChI=1S/C8H9F3N2O3.Li/c1-13-5(8(14)15)2-4(12-13)3-16-7(11)6(9)10;/h2,6-7H,3H2,1H3,(H,14,15);/q;+1/p-1. The van der Waals surface area contributed by atoms with Crippen LogP contribution in [0.1, 0.15) is 16.2 Å². The van der Waals surface area contributed by atoms with Crippen molar-refractivity contribution in [3.8, 4) is 0 Å². The Bertz CT molecular complexity index is 386. The average Bonchev–Trinajstić information content (AvgIpc) is 2.56. The van der Waals surface area contributed by atoms with Gasteiger partial charge in [0.05, 0.1) is 24.0 Å². The van der Waals surface area contributed by atoms with Crippen LogP contribution in [0.5, 0.6) is 0 Å². The molecule has 1 unspecified atom stereocenters. The van der Waals surface area contributed by atoms with Gasteiger partial charge in [-0.2, -0.15) is 5.10 Å². The molecule has 1 aromatic heterocycles. The van der Waals surface area contributed by atoms with E-state index in [9.17, 15) is 23.1 Å². The number of aromatic nitrogens is 2. The van der Waals surface area contributed by atoms with Gasteiger partial charge in [0.1, 0.15) is 0 Å². The summed E-state index contributed by atoms with van der Waals surface area (Å²) in [6.45, 7) is -0.535. The van der Waals surface area contributed by atoms with E-state index < -0.39 is 25.4 Å². The number of alkyl halides is 3. The molecule has 9 heteroatoms. The van der Waals surface area contributed by atoms with Crippen LogP contribution in [-0.2, 0) is 18.4 Å². The van der Waals surface area contributed by atoms with Crippen LogP contribution in [0.2, 0.25) is 0 Å². The number of carbonyl (C=O) groups excluding carboxylic acids is 1. The van der Waals surface area contributed by atoms with Crippen LogP contribution in [0.3, 0.4) is 0 Å². The molecule has 0 spiro atoms. The number of halogens is 3. The number of carboxylic acids is 1. The van der Waals surface area contributed by atoms with Gasteiger partial charge in [0.15, 0.2) is 0 Å². The van der Waals surface area contributed by atoms with Crippen LogP contribution >= 0.6 is 0 Å². The molecule has 90 valence electrons. The number of carbonyl (C=O) groups is 1. The second-order valence-electron chi connectivity index (χ2n) is 2.93. The first kappa shape index (κ1) is 16.0. The fourth-order valence-corrected chi connectivity index (χ4v) is 1.03. The Hall–Kier alpha value is -0.973. The summed E-state index contributed by atoms with van der Waals surface area (Å²) < 4.78 is 40.9.